The third-order valence-corrected chi connectivity index (χ3v) is 4.74. The molecule has 172 valence electrons. The first-order valence-corrected chi connectivity index (χ1v) is 10.9. The van der Waals surface area contributed by atoms with Gasteiger partial charge in [0.05, 0.1) is 6.61 Å². The maximum Gasteiger partial charge on any atom is 0.305 e. The highest BCUT2D eigenvalue weighted by molar-refractivity contribution is 5.83. The number of para-hydroxylation sites is 1. The van der Waals surface area contributed by atoms with Crippen molar-refractivity contribution in [2.45, 2.75) is 51.9 Å². The van der Waals surface area contributed by atoms with Crippen LogP contribution in [0.4, 0.5) is 0 Å². The highest BCUT2D eigenvalue weighted by Gasteiger charge is 2.11. The summed E-state index contributed by atoms with van der Waals surface area (Å²) >= 11 is 0. The van der Waals surface area contributed by atoms with E-state index in [0.717, 1.165) is 18.4 Å². The topological polar surface area (TPSA) is 93.7 Å². The van der Waals surface area contributed by atoms with E-state index in [0.29, 0.717) is 18.8 Å². The number of rotatable bonds is 12. The maximum absolute atomic E-state index is 11.9. The number of esters is 1. The van der Waals surface area contributed by atoms with Crippen LogP contribution in [0.5, 0.6) is 5.75 Å². The second-order valence-electron chi connectivity index (χ2n) is 7.74. The predicted octanol–water partition coefficient (Wildman–Crippen LogP) is 3.68. The molecule has 7 heteroatoms. The van der Waals surface area contributed by atoms with E-state index in [1.807, 2.05) is 68.4 Å². The van der Waals surface area contributed by atoms with Crippen LogP contribution in [0.1, 0.15) is 56.6 Å². The zero-order valence-electron chi connectivity index (χ0n) is 18.8. The minimum absolute atomic E-state index is 0.108. The molecule has 0 bridgehead atoms. The fourth-order valence-corrected chi connectivity index (χ4v) is 3.04. The summed E-state index contributed by atoms with van der Waals surface area (Å²) in [5, 5.41) is 0. The van der Waals surface area contributed by atoms with Crippen molar-refractivity contribution in [3.8, 4) is 5.75 Å². The highest BCUT2D eigenvalue weighted by Crippen LogP contribution is 2.25. The summed E-state index contributed by atoms with van der Waals surface area (Å²) in [5.41, 5.74) is 6.86. The number of ether oxygens (including phenoxy) is 2. The minimum atomic E-state index is -0.463. The second kappa shape index (κ2) is 13.9. The van der Waals surface area contributed by atoms with Crippen molar-refractivity contribution in [2.75, 3.05) is 13.2 Å². The third kappa shape index (κ3) is 9.64. The number of aryl methyl sites for hydroxylation is 1. The van der Waals surface area contributed by atoms with Crippen molar-refractivity contribution >= 4 is 17.8 Å². The van der Waals surface area contributed by atoms with Gasteiger partial charge < -0.3 is 9.47 Å². The summed E-state index contributed by atoms with van der Waals surface area (Å²) in [6.45, 7) is 4.24. The molecule has 0 saturated heterocycles. The Kier molecular flexibility index (Phi) is 10.8. The van der Waals surface area contributed by atoms with Gasteiger partial charge in [-0.25, -0.2) is 0 Å². The van der Waals surface area contributed by atoms with Crippen LogP contribution in [0.3, 0.4) is 0 Å². The van der Waals surface area contributed by atoms with E-state index in [4.69, 9.17) is 9.47 Å². The van der Waals surface area contributed by atoms with E-state index in [2.05, 4.69) is 10.9 Å². The van der Waals surface area contributed by atoms with Gasteiger partial charge in [0.15, 0.2) is 6.61 Å². The van der Waals surface area contributed by atoms with Gasteiger partial charge in [0.1, 0.15) is 5.75 Å². The summed E-state index contributed by atoms with van der Waals surface area (Å²) in [6, 6.07) is 17.5. The Morgan fingerprint density at radius 1 is 0.844 bits per heavy atom. The molecule has 2 aromatic carbocycles. The van der Waals surface area contributed by atoms with Crippen molar-refractivity contribution in [1.29, 1.82) is 0 Å². The van der Waals surface area contributed by atoms with Crippen LogP contribution in [-0.2, 0) is 25.5 Å². The van der Waals surface area contributed by atoms with Gasteiger partial charge in [-0.3, -0.25) is 25.2 Å². The number of benzene rings is 2. The molecule has 2 aromatic rings. The first kappa shape index (κ1) is 24.9. The van der Waals surface area contributed by atoms with E-state index in [1.54, 1.807) is 0 Å². The number of amides is 2. The first-order chi connectivity index (χ1) is 15.5. The van der Waals surface area contributed by atoms with Crippen molar-refractivity contribution in [1.82, 2.24) is 10.9 Å². The second-order valence-corrected chi connectivity index (χ2v) is 7.74. The molecule has 0 aliphatic carbocycles. The number of nitrogens with one attached hydrogen (secondary N) is 2. The van der Waals surface area contributed by atoms with Crippen molar-refractivity contribution in [3.05, 3.63) is 65.7 Å². The molecule has 2 N–H and O–H groups in total. The molecule has 0 fully saturated rings. The standard InChI is InChI=1S/C25H32N2O5/c1-19(2)21-13-6-7-14-22(21)32-18-24(29)27-26-23(28)15-8-16-25(30)31-17-9-12-20-10-4-3-5-11-20/h3-7,10-11,13-14,19H,8-9,12,15-18H2,1-2H3,(H,26,28)(H,27,29). The quantitative estimate of drug-likeness (QED) is 0.298. The molecule has 2 amide bonds. The highest BCUT2D eigenvalue weighted by atomic mass is 16.5. The molecule has 0 atom stereocenters. The molecule has 32 heavy (non-hydrogen) atoms. The average molecular weight is 441 g/mol. The Balaban J connectivity index is 1.53. The Morgan fingerprint density at radius 2 is 1.53 bits per heavy atom. The van der Waals surface area contributed by atoms with Crippen LogP contribution < -0.4 is 15.6 Å². The van der Waals surface area contributed by atoms with Crippen LogP contribution in [0, 0.1) is 0 Å². The lowest BCUT2D eigenvalue weighted by molar-refractivity contribution is -0.144. The van der Waals surface area contributed by atoms with E-state index >= 15 is 0 Å². The Morgan fingerprint density at radius 3 is 2.28 bits per heavy atom. The summed E-state index contributed by atoms with van der Waals surface area (Å²) in [7, 11) is 0. The molecule has 2 rings (SSSR count). The molecule has 0 aliphatic rings. The first-order valence-electron chi connectivity index (χ1n) is 10.9. The molecule has 0 aromatic heterocycles. The van der Waals surface area contributed by atoms with Gasteiger partial charge in [-0.1, -0.05) is 62.4 Å². The van der Waals surface area contributed by atoms with Gasteiger partial charge in [-0.05, 0) is 42.4 Å². The summed E-state index contributed by atoms with van der Waals surface area (Å²) < 4.78 is 10.7. The van der Waals surface area contributed by atoms with E-state index in [9.17, 15) is 14.4 Å². The molecule has 0 saturated carbocycles. The number of hydrazine groups is 1. The molecular formula is C25H32N2O5. The largest absolute Gasteiger partial charge is 0.483 e. The fraction of sp³-hybridized carbons (Fsp3) is 0.400. The van der Waals surface area contributed by atoms with Crippen LogP contribution in [0.2, 0.25) is 0 Å². The number of hydrogen-bond acceptors (Lipinski definition) is 5. The molecule has 0 radical (unpaired) electrons. The van der Waals surface area contributed by atoms with Gasteiger partial charge in [-0.15, -0.1) is 0 Å². The van der Waals surface area contributed by atoms with Gasteiger partial charge in [0, 0.05) is 12.8 Å². The van der Waals surface area contributed by atoms with Crippen molar-refractivity contribution in [2.24, 2.45) is 0 Å². The predicted molar refractivity (Wildman–Crippen MR) is 122 cm³/mol. The third-order valence-electron chi connectivity index (χ3n) is 4.74. The van der Waals surface area contributed by atoms with Gasteiger partial charge >= 0.3 is 5.97 Å². The van der Waals surface area contributed by atoms with E-state index in [1.165, 1.54) is 5.56 Å². The molecule has 0 spiro atoms. The number of carbonyl (C=O) groups is 3. The van der Waals surface area contributed by atoms with Crippen molar-refractivity contribution in [3.63, 3.8) is 0 Å². The van der Waals surface area contributed by atoms with Crippen LogP contribution in [-0.4, -0.2) is 31.0 Å². The zero-order valence-corrected chi connectivity index (χ0v) is 18.8. The van der Waals surface area contributed by atoms with Crippen LogP contribution in [0.25, 0.3) is 0 Å². The summed E-state index contributed by atoms with van der Waals surface area (Å²) in [6.07, 6.45) is 2.21. The Bertz CT molecular complexity index is 868. The van der Waals surface area contributed by atoms with Crippen molar-refractivity contribution < 1.29 is 23.9 Å². The monoisotopic (exact) mass is 440 g/mol. The normalized spacial score (nSPS) is 10.5. The molecule has 0 aliphatic heterocycles. The Hall–Kier alpha value is -3.35. The smallest absolute Gasteiger partial charge is 0.305 e. The maximum atomic E-state index is 11.9. The molecular weight excluding hydrogens is 408 g/mol. The summed E-state index contributed by atoms with van der Waals surface area (Å²) in [4.78, 5) is 35.5. The molecule has 7 nitrogen and oxygen atoms in total. The average Bonchev–Trinajstić information content (AvgIpc) is 2.80. The van der Waals surface area contributed by atoms with E-state index < -0.39 is 5.91 Å². The van der Waals surface area contributed by atoms with Gasteiger partial charge in [-0.2, -0.15) is 0 Å². The number of hydrogen-bond donors (Lipinski definition) is 2. The lowest BCUT2D eigenvalue weighted by atomic mass is 10.0. The summed E-state index contributed by atoms with van der Waals surface area (Å²) in [5.74, 6) is -0.254. The minimum Gasteiger partial charge on any atom is -0.483 e. The SMILES string of the molecule is CC(C)c1ccccc1OCC(=O)NNC(=O)CCCC(=O)OCCCc1ccccc1. The lowest BCUT2D eigenvalue weighted by Crippen LogP contribution is -2.43. The molecule has 0 unspecified atom stereocenters. The fourth-order valence-electron chi connectivity index (χ4n) is 3.04. The number of carbonyl (C=O) groups excluding carboxylic acids is 3. The lowest BCUT2D eigenvalue weighted by Gasteiger charge is -2.14. The van der Waals surface area contributed by atoms with Gasteiger partial charge in [0.25, 0.3) is 5.91 Å². The molecule has 0 heterocycles. The van der Waals surface area contributed by atoms with Crippen LogP contribution >= 0.6 is 0 Å². The van der Waals surface area contributed by atoms with Gasteiger partial charge in [0.2, 0.25) is 5.91 Å². The van der Waals surface area contributed by atoms with Crippen LogP contribution in [0.15, 0.2) is 54.6 Å². The zero-order chi connectivity index (χ0) is 23.2. The van der Waals surface area contributed by atoms with E-state index in [-0.39, 0.29) is 37.2 Å². The Labute approximate surface area is 189 Å².